The van der Waals surface area contributed by atoms with E-state index in [1.165, 1.54) is 11.1 Å². The maximum absolute atomic E-state index is 4.38. The molecule has 2 aromatic heterocycles. The topological polar surface area (TPSA) is 44.0 Å². The van der Waals surface area contributed by atoms with E-state index >= 15 is 0 Å². The Morgan fingerprint density at radius 3 is 2.47 bits per heavy atom. The molecule has 0 bridgehead atoms. The van der Waals surface area contributed by atoms with Crippen molar-refractivity contribution in [3.8, 4) is 11.3 Å². The minimum Gasteiger partial charge on any atom is -0.380 e. The minimum atomic E-state index is 0.289. The van der Waals surface area contributed by atoms with Crippen molar-refractivity contribution in [2.24, 2.45) is 5.92 Å². The van der Waals surface area contributed by atoms with E-state index in [9.17, 15) is 0 Å². The van der Waals surface area contributed by atoms with Gasteiger partial charge in [0.25, 0.3) is 0 Å². The molecule has 4 aromatic rings. The quantitative estimate of drug-likeness (QED) is 0.329. The van der Waals surface area contributed by atoms with Crippen LogP contribution >= 0.6 is 0 Å². The molecule has 4 heteroatoms. The van der Waals surface area contributed by atoms with Gasteiger partial charge in [-0.1, -0.05) is 44.7 Å². The molecule has 0 spiro atoms. The van der Waals surface area contributed by atoms with E-state index < -0.39 is 0 Å². The highest BCUT2D eigenvalue weighted by atomic mass is 15.2. The van der Waals surface area contributed by atoms with Gasteiger partial charge < -0.3 is 15.2 Å². The number of aromatic amines is 1. The van der Waals surface area contributed by atoms with Gasteiger partial charge in [-0.3, -0.25) is 4.98 Å². The van der Waals surface area contributed by atoms with Crippen LogP contribution in [0.3, 0.4) is 0 Å². The lowest BCUT2D eigenvalue weighted by Crippen LogP contribution is -2.43. The van der Waals surface area contributed by atoms with Crippen molar-refractivity contribution in [3.05, 3.63) is 91.3 Å². The lowest BCUT2D eigenvalue weighted by Gasteiger charge is -2.32. The van der Waals surface area contributed by atoms with Crippen LogP contribution in [-0.4, -0.2) is 29.1 Å². The number of anilines is 1. The van der Waals surface area contributed by atoms with Crippen LogP contribution in [0, 0.1) is 5.92 Å². The fourth-order valence-electron chi connectivity index (χ4n) is 4.03. The minimum absolute atomic E-state index is 0.289. The number of pyridine rings is 1. The van der Waals surface area contributed by atoms with Gasteiger partial charge in [-0.25, -0.2) is 0 Å². The molecule has 1 unspecified atom stereocenters. The van der Waals surface area contributed by atoms with E-state index in [0.717, 1.165) is 41.1 Å². The van der Waals surface area contributed by atoms with Gasteiger partial charge in [0.1, 0.15) is 0 Å². The third-order valence-corrected chi connectivity index (χ3v) is 6.05. The smallest absolute Gasteiger partial charge is 0.0465 e. The number of hydrogen-bond donors (Lipinski definition) is 2. The second-order valence-corrected chi connectivity index (χ2v) is 8.57. The van der Waals surface area contributed by atoms with Crippen molar-refractivity contribution in [3.63, 3.8) is 0 Å². The predicted octanol–water partition coefficient (Wildman–Crippen LogP) is 6.34. The summed E-state index contributed by atoms with van der Waals surface area (Å²) in [6, 6.07) is 23.6. The molecule has 0 aliphatic heterocycles. The Bertz CT molecular complexity index is 1160. The standard InChI is InChI=1S/C28H32N4/c1-5-32(25-9-7-6-8-10-25)19-28(20(2)3)30-21(4)23-11-12-26-24(17-23)18-27(31-26)22-13-15-29-16-14-22/h6-18,20,28,30-31H,4-5,19H2,1-3H3. The highest BCUT2D eigenvalue weighted by molar-refractivity contribution is 5.88. The largest absolute Gasteiger partial charge is 0.380 e. The van der Waals surface area contributed by atoms with Crippen LogP contribution in [0.1, 0.15) is 26.3 Å². The highest BCUT2D eigenvalue weighted by Gasteiger charge is 2.18. The van der Waals surface area contributed by atoms with Crippen molar-refractivity contribution in [2.45, 2.75) is 26.8 Å². The normalized spacial score (nSPS) is 12.1. The lowest BCUT2D eigenvalue weighted by molar-refractivity contribution is 0.444. The first-order valence-corrected chi connectivity index (χ1v) is 11.3. The number of H-pyrrole nitrogens is 1. The molecule has 1 atom stereocenters. The van der Waals surface area contributed by atoms with Gasteiger partial charge in [0.15, 0.2) is 0 Å². The third-order valence-electron chi connectivity index (χ3n) is 6.05. The van der Waals surface area contributed by atoms with Crippen LogP contribution in [0.25, 0.3) is 27.9 Å². The average molecular weight is 425 g/mol. The van der Waals surface area contributed by atoms with Crippen molar-refractivity contribution < 1.29 is 0 Å². The summed E-state index contributed by atoms with van der Waals surface area (Å²) in [4.78, 5) is 10.0. The Morgan fingerprint density at radius 2 is 1.78 bits per heavy atom. The maximum atomic E-state index is 4.38. The van der Waals surface area contributed by atoms with E-state index in [4.69, 9.17) is 0 Å². The fourth-order valence-corrected chi connectivity index (χ4v) is 4.03. The van der Waals surface area contributed by atoms with Gasteiger partial charge in [-0.05, 0) is 60.9 Å². The molecule has 0 aliphatic rings. The summed E-state index contributed by atoms with van der Waals surface area (Å²) < 4.78 is 0. The van der Waals surface area contributed by atoms with E-state index in [1.807, 2.05) is 24.5 Å². The van der Waals surface area contributed by atoms with Crippen LogP contribution in [0.4, 0.5) is 5.69 Å². The Kier molecular flexibility index (Phi) is 6.60. The molecule has 0 saturated carbocycles. The molecule has 4 nitrogen and oxygen atoms in total. The van der Waals surface area contributed by atoms with E-state index in [0.29, 0.717) is 5.92 Å². The zero-order valence-corrected chi connectivity index (χ0v) is 19.2. The molecule has 2 heterocycles. The fraction of sp³-hybridized carbons (Fsp3) is 0.250. The first-order chi connectivity index (χ1) is 15.5. The molecule has 4 rings (SSSR count). The highest BCUT2D eigenvalue weighted by Crippen LogP contribution is 2.26. The number of benzene rings is 2. The Labute approximate surface area is 191 Å². The number of rotatable bonds is 9. The number of nitrogens with one attached hydrogen (secondary N) is 2. The first kappa shape index (κ1) is 21.7. The Hall–Kier alpha value is -3.53. The van der Waals surface area contributed by atoms with E-state index in [1.54, 1.807) is 0 Å². The molecular weight excluding hydrogens is 392 g/mol. The maximum Gasteiger partial charge on any atom is 0.0465 e. The molecule has 32 heavy (non-hydrogen) atoms. The molecule has 0 saturated heterocycles. The van der Waals surface area contributed by atoms with Gasteiger partial charge >= 0.3 is 0 Å². The van der Waals surface area contributed by atoms with Crippen molar-refractivity contribution in [1.29, 1.82) is 0 Å². The Balaban J connectivity index is 1.52. The van der Waals surface area contributed by atoms with Crippen molar-refractivity contribution >= 4 is 22.3 Å². The zero-order chi connectivity index (χ0) is 22.5. The van der Waals surface area contributed by atoms with Crippen LogP contribution in [0.15, 0.2) is 85.7 Å². The van der Waals surface area contributed by atoms with Crippen molar-refractivity contribution in [2.75, 3.05) is 18.0 Å². The van der Waals surface area contributed by atoms with Crippen LogP contribution in [0.2, 0.25) is 0 Å². The third kappa shape index (κ3) is 4.86. The SMILES string of the molecule is C=C(NC(CN(CC)c1ccccc1)C(C)C)c1ccc2[nH]c(-c3ccncc3)cc2c1. The second-order valence-electron chi connectivity index (χ2n) is 8.57. The second kappa shape index (κ2) is 9.73. The number of nitrogens with zero attached hydrogens (tertiary/aromatic N) is 2. The summed E-state index contributed by atoms with van der Waals surface area (Å²) >= 11 is 0. The van der Waals surface area contributed by atoms with Crippen LogP contribution < -0.4 is 10.2 Å². The number of fused-ring (bicyclic) bond motifs is 1. The number of para-hydroxylation sites is 1. The number of hydrogen-bond acceptors (Lipinski definition) is 3. The summed E-state index contributed by atoms with van der Waals surface area (Å²) in [6.07, 6.45) is 3.64. The van der Waals surface area contributed by atoms with Gasteiger partial charge in [-0.2, -0.15) is 0 Å². The molecule has 2 aromatic carbocycles. The van der Waals surface area contributed by atoms with Gasteiger partial charge in [0.2, 0.25) is 0 Å². The molecule has 0 amide bonds. The number of aromatic nitrogens is 2. The van der Waals surface area contributed by atoms with Crippen LogP contribution in [-0.2, 0) is 0 Å². The van der Waals surface area contributed by atoms with Gasteiger partial charge in [0, 0.05) is 65.1 Å². The van der Waals surface area contributed by atoms with Gasteiger partial charge in [-0.15, -0.1) is 0 Å². The monoisotopic (exact) mass is 424 g/mol. The number of likely N-dealkylation sites (N-methyl/N-ethyl adjacent to an activating group) is 1. The summed E-state index contributed by atoms with van der Waals surface area (Å²) in [5.41, 5.74) is 6.68. The molecular formula is C28H32N4. The lowest BCUT2D eigenvalue weighted by atomic mass is 10.0. The summed E-state index contributed by atoms with van der Waals surface area (Å²) in [5.74, 6) is 0.471. The first-order valence-electron chi connectivity index (χ1n) is 11.3. The predicted molar refractivity (Wildman–Crippen MR) is 137 cm³/mol. The van der Waals surface area contributed by atoms with Gasteiger partial charge in [0.05, 0.1) is 0 Å². The summed E-state index contributed by atoms with van der Waals surface area (Å²) in [6.45, 7) is 13.0. The molecule has 0 radical (unpaired) electrons. The zero-order valence-electron chi connectivity index (χ0n) is 19.2. The molecule has 0 fully saturated rings. The Morgan fingerprint density at radius 1 is 1.03 bits per heavy atom. The summed E-state index contributed by atoms with van der Waals surface area (Å²) in [5, 5.41) is 4.89. The molecule has 164 valence electrons. The molecule has 2 N–H and O–H groups in total. The van der Waals surface area contributed by atoms with E-state index in [2.05, 4.69) is 102 Å². The summed E-state index contributed by atoms with van der Waals surface area (Å²) in [7, 11) is 0. The van der Waals surface area contributed by atoms with Crippen LogP contribution in [0.5, 0.6) is 0 Å². The van der Waals surface area contributed by atoms with E-state index in [-0.39, 0.29) is 6.04 Å². The average Bonchev–Trinajstić information content (AvgIpc) is 3.26. The van der Waals surface area contributed by atoms with Crippen molar-refractivity contribution in [1.82, 2.24) is 15.3 Å². The molecule has 0 aliphatic carbocycles.